The van der Waals surface area contributed by atoms with Crippen molar-refractivity contribution in [3.8, 4) is 0 Å². The minimum absolute atomic E-state index is 0.000517. The van der Waals surface area contributed by atoms with E-state index in [4.69, 9.17) is 28.9 Å². The van der Waals surface area contributed by atoms with Crippen LogP contribution in [0.5, 0.6) is 0 Å². The molecule has 1 saturated carbocycles. The Kier molecular flexibility index (Phi) is 14.3. The molecule has 0 aromatic carbocycles. The summed E-state index contributed by atoms with van der Waals surface area (Å²) in [5.41, 5.74) is 4.68. The summed E-state index contributed by atoms with van der Waals surface area (Å²) in [6, 6.07) is -2.90. The molecule has 5 N–H and O–H groups in total. The van der Waals surface area contributed by atoms with Crippen LogP contribution in [0.3, 0.4) is 0 Å². The first-order valence-electron chi connectivity index (χ1n) is 13.0. The SMILES string of the molecule is CCCC(NC(=O)[C@@H]1CCCN1C(=O)C(NC(=O)NC(C)(C)C)C1CCCCC1)C(=O)C(N)=O.ClCCl. The Morgan fingerprint density at radius 2 is 1.57 bits per heavy atom. The highest BCUT2D eigenvalue weighted by Gasteiger charge is 2.41. The van der Waals surface area contributed by atoms with Crippen molar-refractivity contribution >= 4 is 52.7 Å². The maximum Gasteiger partial charge on any atom is 0.315 e. The lowest BCUT2D eigenvalue weighted by molar-refractivity contribution is -0.143. The Morgan fingerprint density at radius 1 is 0.973 bits per heavy atom. The Morgan fingerprint density at radius 3 is 2.08 bits per heavy atom. The zero-order valence-corrected chi connectivity index (χ0v) is 23.9. The second-order valence-corrected chi connectivity index (χ2v) is 11.4. The zero-order chi connectivity index (χ0) is 28.2. The molecule has 2 rings (SSSR count). The van der Waals surface area contributed by atoms with Gasteiger partial charge >= 0.3 is 6.03 Å². The molecule has 10 nitrogen and oxygen atoms in total. The number of urea groups is 1. The van der Waals surface area contributed by atoms with Crippen LogP contribution in [-0.2, 0) is 19.2 Å². The number of halogens is 2. The molecule has 5 amide bonds. The predicted octanol–water partition coefficient (Wildman–Crippen LogP) is 2.78. The molecular weight excluding hydrogens is 521 g/mol. The van der Waals surface area contributed by atoms with Gasteiger partial charge in [-0.05, 0) is 58.8 Å². The van der Waals surface area contributed by atoms with Crippen LogP contribution in [0.15, 0.2) is 0 Å². The molecule has 1 aliphatic heterocycles. The van der Waals surface area contributed by atoms with Crippen LogP contribution < -0.4 is 21.7 Å². The standard InChI is InChI=1S/C24H41N5O5.CH2Cl2/c1-5-10-16(19(30)20(25)31)26-21(32)17-13-9-14-29(17)22(33)18(15-11-7-6-8-12-15)27-23(34)28-24(2,3)4;2-1-3/h15-18H,5-14H2,1-4H3,(H2,25,31)(H,26,32)(H2,27,28,34);1H2/t16?,17-,18?;/m0./s1. The molecule has 0 spiro atoms. The summed E-state index contributed by atoms with van der Waals surface area (Å²) in [6.07, 6.45) is 6.72. The number of Topliss-reactive ketones (excluding diaryl/α,β-unsaturated/α-hetero) is 1. The average Bonchev–Trinajstić information content (AvgIpc) is 3.31. The van der Waals surface area contributed by atoms with Crippen LogP contribution in [0.4, 0.5) is 4.79 Å². The van der Waals surface area contributed by atoms with E-state index in [1.165, 1.54) is 4.90 Å². The van der Waals surface area contributed by atoms with Crippen molar-refractivity contribution in [1.29, 1.82) is 0 Å². The number of ketones is 1. The third-order valence-electron chi connectivity index (χ3n) is 6.45. The van der Waals surface area contributed by atoms with Crippen molar-refractivity contribution in [1.82, 2.24) is 20.9 Å². The number of likely N-dealkylation sites (tertiary alicyclic amines) is 1. The van der Waals surface area contributed by atoms with E-state index in [9.17, 15) is 24.0 Å². The van der Waals surface area contributed by atoms with Gasteiger partial charge in [-0.1, -0.05) is 32.6 Å². The Balaban J connectivity index is 0.00000217. The van der Waals surface area contributed by atoms with Crippen molar-refractivity contribution in [2.45, 2.75) is 109 Å². The molecular formula is C25H43Cl2N5O5. The Hall–Kier alpha value is -2.07. The van der Waals surface area contributed by atoms with Crippen LogP contribution in [0.2, 0.25) is 0 Å². The summed E-state index contributed by atoms with van der Waals surface area (Å²) in [7, 11) is 0. The van der Waals surface area contributed by atoms with E-state index in [-0.39, 0.29) is 23.6 Å². The number of alkyl halides is 2. The summed E-state index contributed by atoms with van der Waals surface area (Å²) in [5.74, 6) is -2.68. The first kappa shape index (κ1) is 33.0. The van der Waals surface area contributed by atoms with Gasteiger partial charge in [0.25, 0.3) is 5.91 Å². The van der Waals surface area contributed by atoms with Gasteiger partial charge in [0.15, 0.2) is 0 Å². The number of carbonyl (C=O) groups excluding carboxylic acids is 5. The normalized spacial score (nSPS) is 19.6. The van der Waals surface area contributed by atoms with E-state index in [1.807, 2.05) is 27.7 Å². The number of hydrogen-bond acceptors (Lipinski definition) is 5. The van der Waals surface area contributed by atoms with Gasteiger partial charge in [0, 0.05) is 12.1 Å². The Labute approximate surface area is 230 Å². The zero-order valence-electron chi connectivity index (χ0n) is 22.4. The molecule has 2 fully saturated rings. The van der Waals surface area contributed by atoms with Crippen LogP contribution in [0, 0.1) is 5.92 Å². The van der Waals surface area contributed by atoms with Gasteiger partial charge in [-0.15, -0.1) is 23.2 Å². The number of nitrogens with two attached hydrogens (primary N) is 1. The number of nitrogens with one attached hydrogen (secondary N) is 3. The fourth-order valence-electron chi connectivity index (χ4n) is 4.85. The summed E-state index contributed by atoms with van der Waals surface area (Å²) >= 11 is 9.53. The second kappa shape index (κ2) is 16.0. The maximum atomic E-state index is 13.7. The molecule has 0 radical (unpaired) electrons. The van der Waals surface area contributed by atoms with Gasteiger partial charge in [-0.3, -0.25) is 19.2 Å². The highest BCUT2D eigenvalue weighted by atomic mass is 35.5. The highest BCUT2D eigenvalue weighted by molar-refractivity contribution is 6.40. The van der Waals surface area contributed by atoms with Crippen LogP contribution in [0.1, 0.15) is 85.5 Å². The molecule has 0 aromatic heterocycles. The largest absolute Gasteiger partial charge is 0.363 e. The maximum absolute atomic E-state index is 13.7. The van der Waals surface area contributed by atoms with Crippen molar-refractivity contribution < 1.29 is 24.0 Å². The highest BCUT2D eigenvalue weighted by Crippen LogP contribution is 2.29. The number of amides is 5. The topological polar surface area (TPSA) is 151 Å². The molecule has 2 aliphatic rings. The lowest BCUT2D eigenvalue weighted by atomic mass is 9.83. The molecule has 212 valence electrons. The van der Waals surface area contributed by atoms with E-state index >= 15 is 0 Å². The number of hydrogen-bond donors (Lipinski definition) is 4. The summed E-state index contributed by atoms with van der Waals surface area (Å²) < 4.78 is 0. The summed E-state index contributed by atoms with van der Waals surface area (Å²) in [4.78, 5) is 64.4. The monoisotopic (exact) mass is 563 g/mol. The van der Waals surface area contributed by atoms with E-state index in [0.717, 1.165) is 32.1 Å². The number of carbonyl (C=O) groups is 5. The van der Waals surface area contributed by atoms with Gasteiger partial charge in [0.2, 0.25) is 17.6 Å². The predicted molar refractivity (Wildman–Crippen MR) is 144 cm³/mol. The minimum atomic E-state index is -1.09. The first-order chi connectivity index (χ1) is 17.4. The van der Waals surface area contributed by atoms with E-state index in [1.54, 1.807) is 0 Å². The average molecular weight is 565 g/mol. The van der Waals surface area contributed by atoms with Gasteiger partial charge in [0.05, 0.1) is 11.4 Å². The summed E-state index contributed by atoms with van der Waals surface area (Å²) in [6.45, 7) is 7.83. The summed E-state index contributed by atoms with van der Waals surface area (Å²) in [5, 5.41) is 8.56. The fraction of sp³-hybridized carbons (Fsp3) is 0.800. The van der Waals surface area contributed by atoms with E-state index < -0.39 is 47.3 Å². The van der Waals surface area contributed by atoms with Gasteiger partial charge in [0.1, 0.15) is 12.1 Å². The molecule has 2 unspecified atom stereocenters. The molecule has 1 heterocycles. The van der Waals surface area contributed by atoms with Crippen molar-refractivity contribution in [3.63, 3.8) is 0 Å². The molecule has 3 atom stereocenters. The smallest absolute Gasteiger partial charge is 0.315 e. The lowest BCUT2D eigenvalue weighted by Crippen LogP contribution is -2.59. The first-order valence-corrected chi connectivity index (χ1v) is 14.1. The van der Waals surface area contributed by atoms with Crippen molar-refractivity contribution in [3.05, 3.63) is 0 Å². The molecule has 37 heavy (non-hydrogen) atoms. The molecule has 12 heteroatoms. The fourth-order valence-corrected chi connectivity index (χ4v) is 4.85. The molecule has 0 bridgehead atoms. The third kappa shape index (κ3) is 11.1. The third-order valence-corrected chi connectivity index (χ3v) is 6.45. The number of primary amides is 1. The number of nitrogens with zero attached hydrogens (tertiary/aromatic N) is 1. The lowest BCUT2D eigenvalue weighted by Gasteiger charge is -2.35. The van der Waals surface area contributed by atoms with Crippen molar-refractivity contribution in [2.24, 2.45) is 11.7 Å². The van der Waals surface area contributed by atoms with Crippen molar-refractivity contribution in [2.75, 3.05) is 11.9 Å². The second-order valence-electron chi connectivity index (χ2n) is 10.6. The van der Waals surface area contributed by atoms with Gasteiger partial charge in [-0.2, -0.15) is 0 Å². The van der Waals surface area contributed by atoms with E-state index in [0.29, 0.717) is 25.8 Å². The van der Waals surface area contributed by atoms with Crippen LogP contribution in [0.25, 0.3) is 0 Å². The quantitative estimate of drug-likeness (QED) is 0.251. The Bertz CT molecular complexity index is 799. The van der Waals surface area contributed by atoms with Crippen LogP contribution in [-0.4, -0.2) is 70.0 Å². The van der Waals surface area contributed by atoms with Gasteiger partial charge in [-0.25, -0.2) is 4.79 Å². The van der Waals surface area contributed by atoms with Gasteiger partial charge < -0.3 is 26.6 Å². The van der Waals surface area contributed by atoms with Crippen LogP contribution >= 0.6 is 23.2 Å². The number of rotatable bonds is 9. The molecule has 1 aliphatic carbocycles. The van der Waals surface area contributed by atoms with E-state index in [2.05, 4.69) is 16.0 Å². The molecule has 0 aromatic rings. The molecule has 1 saturated heterocycles. The minimum Gasteiger partial charge on any atom is -0.363 e.